The molecule has 0 saturated heterocycles. The Balaban J connectivity index is 1.93. The lowest BCUT2D eigenvalue weighted by molar-refractivity contribution is 0.828. The summed E-state index contributed by atoms with van der Waals surface area (Å²) in [6.07, 6.45) is 2.15. The normalized spacial score (nSPS) is 10.7. The van der Waals surface area contributed by atoms with E-state index in [2.05, 4.69) is 72.3 Å². The molecule has 1 aromatic carbocycles. The topological polar surface area (TPSA) is 4.93 Å². The third-order valence-corrected chi connectivity index (χ3v) is 4.01. The lowest BCUT2D eigenvalue weighted by Crippen LogP contribution is -1.98. The monoisotopic (exact) mass is 253 g/mol. The summed E-state index contributed by atoms with van der Waals surface area (Å²) in [5, 5.41) is 0. The van der Waals surface area contributed by atoms with Crippen LogP contribution in [0.15, 0.2) is 60.8 Å². The fourth-order valence-corrected chi connectivity index (χ4v) is 3.05. The van der Waals surface area contributed by atoms with E-state index >= 15 is 0 Å². The van der Waals surface area contributed by atoms with Crippen molar-refractivity contribution in [2.75, 3.05) is 0 Å². The summed E-state index contributed by atoms with van der Waals surface area (Å²) in [4.78, 5) is 2.78. The van der Waals surface area contributed by atoms with E-state index in [4.69, 9.17) is 0 Å². The number of aromatic nitrogens is 1. The van der Waals surface area contributed by atoms with Crippen LogP contribution in [-0.4, -0.2) is 4.57 Å². The molecular formula is C16H15NS. The van der Waals surface area contributed by atoms with E-state index in [9.17, 15) is 0 Å². The smallest absolute Gasteiger partial charge is 0.0569 e. The van der Waals surface area contributed by atoms with Crippen LogP contribution in [0.5, 0.6) is 0 Å². The molecular weight excluding hydrogens is 238 g/mol. The molecule has 0 aliphatic rings. The second kappa shape index (κ2) is 4.83. The number of thiophene rings is 1. The maximum Gasteiger partial charge on any atom is 0.0569 e. The van der Waals surface area contributed by atoms with Gasteiger partial charge >= 0.3 is 0 Å². The van der Waals surface area contributed by atoms with Crippen molar-refractivity contribution >= 4 is 11.3 Å². The number of rotatable bonds is 3. The van der Waals surface area contributed by atoms with Gasteiger partial charge in [0.1, 0.15) is 0 Å². The van der Waals surface area contributed by atoms with E-state index in [1.165, 1.54) is 21.0 Å². The molecule has 0 aliphatic carbocycles. The van der Waals surface area contributed by atoms with Gasteiger partial charge in [0.15, 0.2) is 0 Å². The Labute approximate surface area is 111 Å². The summed E-state index contributed by atoms with van der Waals surface area (Å²) < 4.78 is 2.31. The minimum absolute atomic E-state index is 0.954. The molecule has 0 aliphatic heterocycles. The van der Waals surface area contributed by atoms with Crippen molar-refractivity contribution in [1.82, 2.24) is 4.57 Å². The largest absolute Gasteiger partial charge is 0.342 e. The van der Waals surface area contributed by atoms with Gasteiger partial charge in [-0.3, -0.25) is 0 Å². The molecule has 0 fully saturated rings. The summed E-state index contributed by atoms with van der Waals surface area (Å²) in [6, 6.07) is 19.2. The lowest BCUT2D eigenvalue weighted by atomic mass is 10.1. The Morgan fingerprint density at radius 2 is 1.78 bits per heavy atom. The van der Waals surface area contributed by atoms with Crippen molar-refractivity contribution < 1.29 is 0 Å². The fraction of sp³-hybridized carbons (Fsp3) is 0.125. The van der Waals surface area contributed by atoms with Gasteiger partial charge in [0.25, 0.3) is 0 Å². The molecule has 2 aromatic heterocycles. The van der Waals surface area contributed by atoms with Gasteiger partial charge < -0.3 is 4.57 Å². The lowest BCUT2D eigenvalue weighted by Gasteiger charge is -2.08. The SMILES string of the molecule is Cc1ccc(Cn2cccc2-c2ccccc2)s1. The molecule has 2 heterocycles. The van der Waals surface area contributed by atoms with E-state index in [1.54, 1.807) is 0 Å². The molecule has 0 N–H and O–H groups in total. The second-order valence-corrected chi connectivity index (χ2v) is 5.77. The summed E-state index contributed by atoms with van der Waals surface area (Å²) in [7, 11) is 0. The highest BCUT2D eigenvalue weighted by Gasteiger charge is 2.05. The van der Waals surface area contributed by atoms with E-state index in [0.29, 0.717) is 0 Å². The summed E-state index contributed by atoms with van der Waals surface area (Å²) >= 11 is 1.87. The van der Waals surface area contributed by atoms with E-state index < -0.39 is 0 Å². The number of benzene rings is 1. The van der Waals surface area contributed by atoms with Crippen molar-refractivity contribution in [2.45, 2.75) is 13.5 Å². The predicted octanol–water partition coefficient (Wildman–Crippen LogP) is 4.57. The molecule has 3 aromatic rings. The van der Waals surface area contributed by atoms with Crippen molar-refractivity contribution in [3.8, 4) is 11.3 Å². The van der Waals surface area contributed by atoms with Crippen LogP contribution in [0.1, 0.15) is 9.75 Å². The van der Waals surface area contributed by atoms with Crippen molar-refractivity contribution in [3.05, 3.63) is 70.5 Å². The Hall–Kier alpha value is -1.80. The van der Waals surface area contributed by atoms with Crippen molar-refractivity contribution in [1.29, 1.82) is 0 Å². The molecule has 0 amide bonds. The van der Waals surface area contributed by atoms with Gasteiger partial charge in [0.05, 0.1) is 6.54 Å². The van der Waals surface area contributed by atoms with Gasteiger partial charge in [0.2, 0.25) is 0 Å². The zero-order chi connectivity index (χ0) is 12.4. The number of hydrogen-bond donors (Lipinski definition) is 0. The molecule has 90 valence electrons. The first-order valence-electron chi connectivity index (χ1n) is 6.09. The van der Waals surface area contributed by atoms with Gasteiger partial charge in [-0.1, -0.05) is 30.3 Å². The van der Waals surface area contributed by atoms with Crippen LogP contribution in [0, 0.1) is 6.92 Å². The number of hydrogen-bond acceptors (Lipinski definition) is 1. The molecule has 0 spiro atoms. The van der Waals surface area contributed by atoms with Gasteiger partial charge in [0, 0.05) is 21.6 Å². The highest BCUT2D eigenvalue weighted by molar-refractivity contribution is 7.11. The number of aryl methyl sites for hydroxylation is 1. The molecule has 0 bridgehead atoms. The maximum atomic E-state index is 2.31. The molecule has 0 unspecified atom stereocenters. The van der Waals surface area contributed by atoms with Crippen LogP contribution in [0.25, 0.3) is 11.3 Å². The van der Waals surface area contributed by atoms with Crippen LogP contribution in [0.4, 0.5) is 0 Å². The van der Waals surface area contributed by atoms with E-state index in [-0.39, 0.29) is 0 Å². The first-order chi connectivity index (χ1) is 8.83. The van der Waals surface area contributed by atoms with Gasteiger partial charge in [-0.25, -0.2) is 0 Å². The summed E-state index contributed by atoms with van der Waals surface area (Å²) in [5.74, 6) is 0. The molecule has 3 rings (SSSR count). The van der Waals surface area contributed by atoms with Crippen LogP contribution in [0.2, 0.25) is 0 Å². The Morgan fingerprint density at radius 1 is 0.944 bits per heavy atom. The fourth-order valence-electron chi connectivity index (χ4n) is 2.16. The minimum Gasteiger partial charge on any atom is -0.342 e. The van der Waals surface area contributed by atoms with Crippen LogP contribution >= 0.6 is 11.3 Å². The van der Waals surface area contributed by atoms with Crippen LogP contribution in [-0.2, 0) is 6.54 Å². The Kier molecular flexibility index (Phi) is 3.03. The van der Waals surface area contributed by atoms with Gasteiger partial charge in [-0.15, -0.1) is 11.3 Å². The Bertz CT molecular complexity index is 634. The average molecular weight is 253 g/mol. The maximum absolute atomic E-state index is 2.31. The summed E-state index contributed by atoms with van der Waals surface area (Å²) in [5.41, 5.74) is 2.55. The second-order valence-electron chi connectivity index (χ2n) is 4.40. The van der Waals surface area contributed by atoms with Crippen LogP contribution in [0.3, 0.4) is 0 Å². The van der Waals surface area contributed by atoms with E-state index in [0.717, 1.165) is 6.54 Å². The zero-order valence-electron chi connectivity index (χ0n) is 10.3. The first-order valence-corrected chi connectivity index (χ1v) is 6.90. The standard InChI is InChI=1S/C16H15NS/c1-13-9-10-15(18-13)12-17-11-5-8-16(17)14-6-3-2-4-7-14/h2-11H,12H2,1H3. The Morgan fingerprint density at radius 3 is 2.50 bits per heavy atom. The molecule has 0 atom stereocenters. The average Bonchev–Trinajstić information content (AvgIpc) is 3.00. The predicted molar refractivity (Wildman–Crippen MR) is 78.0 cm³/mol. The van der Waals surface area contributed by atoms with Gasteiger partial charge in [-0.05, 0) is 36.8 Å². The molecule has 0 saturated carbocycles. The third-order valence-electron chi connectivity index (χ3n) is 3.02. The minimum atomic E-state index is 0.954. The summed E-state index contributed by atoms with van der Waals surface area (Å²) in [6.45, 7) is 3.11. The molecule has 2 heteroatoms. The van der Waals surface area contributed by atoms with E-state index in [1.807, 2.05) is 11.3 Å². The van der Waals surface area contributed by atoms with Crippen molar-refractivity contribution in [2.24, 2.45) is 0 Å². The number of nitrogens with zero attached hydrogens (tertiary/aromatic N) is 1. The highest BCUT2D eigenvalue weighted by atomic mass is 32.1. The molecule has 18 heavy (non-hydrogen) atoms. The molecule has 0 radical (unpaired) electrons. The third kappa shape index (κ3) is 2.24. The zero-order valence-corrected chi connectivity index (χ0v) is 11.2. The highest BCUT2D eigenvalue weighted by Crippen LogP contribution is 2.23. The quantitative estimate of drug-likeness (QED) is 0.644. The molecule has 1 nitrogen and oxygen atoms in total. The van der Waals surface area contributed by atoms with Crippen molar-refractivity contribution in [3.63, 3.8) is 0 Å². The van der Waals surface area contributed by atoms with Crippen LogP contribution < -0.4 is 0 Å². The van der Waals surface area contributed by atoms with Gasteiger partial charge in [-0.2, -0.15) is 0 Å². The first kappa shape index (κ1) is 11.3.